The molecule has 0 radical (unpaired) electrons. The number of hydrogen-bond acceptors (Lipinski definition) is 14. The van der Waals surface area contributed by atoms with E-state index < -0.39 is 91.3 Å². The Morgan fingerprint density at radius 3 is 1.38 bits per heavy atom. The molecule has 0 aromatic carbocycles. The fourth-order valence-electron chi connectivity index (χ4n) is 7.10. The maximum atomic E-state index is 13.1. The minimum absolute atomic E-state index is 0.00132. The molecule has 0 aromatic heterocycles. The second-order valence-corrected chi connectivity index (χ2v) is 20.8. The average molecular weight is 1050 g/mol. The molecule has 0 bridgehead atoms. The normalized spacial score (nSPS) is 21.8. The summed E-state index contributed by atoms with van der Waals surface area (Å²) in [4.78, 5) is 73.2. The van der Waals surface area contributed by atoms with Crippen LogP contribution in [0.4, 0.5) is 0 Å². The lowest BCUT2D eigenvalue weighted by Gasteiger charge is -2.44. The van der Waals surface area contributed by atoms with E-state index in [4.69, 9.17) is 18.5 Å². The maximum Gasteiger partial charge on any atom is 0.472 e. The van der Waals surface area contributed by atoms with Gasteiger partial charge in [0.1, 0.15) is 43.2 Å². The van der Waals surface area contributed by atoms with E-state index in [0.717, 1.165) is 77.0 Å². The van der Waals surface area contributed by atoms with Gasteiger partial charge in [-0.05, 0) is 77.0 Å². The first-order valence-electron chi connectivity index (χ1n) is 24.6. The van der Waals surface area contributed by atoms with E-state index >= 15 is 0 Å². The molecule has 400 valence electrons. The highest BCUT2D eigenvalue weighted by molar-refractivity contribution is 7.47. The van der Waals surface area contributed by atoms with E-state index in [1.807, 2.05) is 18.2 Å². The SMILES string of the molecule is CCCCC/C=C\C/C=C\C/C=C\C/C=C\CCCC(=O)OC[C@H](COP(=O)(O)O[C@H]1C(O)C(O)C(OP(=O)(O)O)[C@@H](OP(=O)(O)O)C1O)OC(=O)CCCCCCCCC/C=C\CCCCCC. The molecule has 1 fully saturated rings. The highest BCUT2D eigenvalue weighted by atomic mass is 31.2. The monoisotopic (exact) mass is 1040 g/mol. The second-order valence-electron chi connectivity index (χ2n) is 17.0. The molecule has 1 aliphatic carbocycles. The van der Waals surface area contributed by atoms with Gasteiger partial charge in [-0.2, -0.15) is 0 Å². The third-order valence-corrected chi connectivity index (χ3v) is 12.8. The number of aliphatic hydroxyl groups is 3. The van der Waals surface area contributed by atoms with Crippen molar-refractivity contribution in [3.63, 3.8) is 0 Å². The summed E-state index contributed by atoms with van der Waals surface area (Å²) >= 11 is 0. The Morgan fingerprint density at radius 2 is 0.855 bits per heavy atom. The van der Waals surface area contributed by atoms with Crippen molar-refractivity contribution < 1.29 is 90.6 Å². The molecule has 0 amide bonds. The molecular formula is C47H83O19P3. The van der Waals surface area contributed by atoms with E-state index in [9.17, 15) is 63.1 Å². The van der Waals surface area contributed by atoms with Gasteiger partial charge in [0.05, 0.1) is 6.61 Å². The van der Waals surface area contributed by atoms with Gasteiger partial charge in [-0.1, -0.05) is 139 Å². The summed E-state index contributed by atoms with van der Waals surface area (Å²) < 4.78 is 65.5. The van der Waals surface area contributed by atoms with Crippen LogP contribution < -0.4 is 0 Å². The molecule has 8 N–H and O–H groups in total. The number of carbonyl (C=O) groups excluding carboxylic acids is 2. The van der Waals surface area contributed by atoms with Crippen LogP contribution in [0, 0.1) is 0 Å². The number of aliphatic hydroxyl groups excluding tert-OH is 3. The van der Waals surface area contributed by atoms with Crippen LogP contribution in [0.15, 0.2) is 60.8 Å². The standard InChI is InChI=1S/C47H83O19P3/c1-3-5-7-9-11-13-15-17-19-20-22-23-25-27-29-31-33-35-40(48)61-37-39(63-41(49)36-34-32-30-28-26-24-21-18-16-14-12-10-8-6-4-2)38-62-69(59,60)66-45-42(50)43(51)46(64-67(53,54)55)47(44(45)52)65-68(56,57)58/h11,13-14,16-17,19,22-23,27,29,39,42-47,50-52H,3-10,12,15,18,20-21,24-26,28,30-38H2,1-2H3,(H,59,60)(H2,53,54,55)(H2,56,57,58)/b13-11-,16-14-,19-17-,23-22-,29-27-/t39-,42?,43?,44?,45+,46?,47+/m1/s1. The zero-order chi connectivity index (χ0) is 51.4. The Kier molecular flexibility index (Phi) is 36.2. The highest BCUT2D eigenvalue weighted by Gasteiger charge is 2.56. The summed E-state index contributed by atoms with van der Waals surface area (Å²) in [5, 5.41) is 31.9. The lowest BCUT2D eigenvalue weighted by molar-refractivity contribution is -0.213. The van der Waals surface area contributed by atoms with E-state index in [-0.39, 0.29) is 12.8 Å². The predicted molar refractivity (Wildman–Crippen MR) is 261 cm³/mol. The number of unbranched alkanes of at least 4 members (excludes halogenated alkanes) is 15. The van der Waals surface area contributed by atoms with Crippen molar-refractivity contribution in [1.82, 2.24) is 0 Å². The Balaban J connectivity index is 2.76. The van der Waals surface area contributed by atoms with Crippen LogP contribution >= 0.6 is 23.5 Å². The molecule has 0 spiro atoms. The van der Waals surface area contributed by atoms with Crippen molar-refractivity contribution in [1.29, 1.82) is 0 Å². The van der Waals surface area contributed by atoms with Gasteiger partial charge < -0.3 is 49.3 Å². The summed E-state index contributed by atoms with van der Waals surface area (Å²) in [5.74, 6) is -1.37. The minimum Gasteiger partial charge on any atom is -0.462 e. The summed E-state index contributed by atoms with van der Waals surface area (Å²) in [6, 6.07) is 0. The fraction of sp³-hybridized carbons (Fsp3) is 0.745. The van der Waals surface area contributed by atoms with Crippen LogP contribution in [-0.2, 0) is 50.9 Å². The van der Waals surface area contributed by atoms with Gasteiger partial charge >= 0.3 is 35.4 Å². The molecule has 0 aromatic rings. The number of carbonyl (C=O) groups is 2. The molecule has 1 saturated carbocycles. The fourth-order valence-corrected chi connectivity index (χ4v) is 9.19. The molecule has 1 rings (SSSR count). The van der Waals surface area contributed by atoms with E-state index in [2.05, 4.69) is 65.4 Å². The Morgan fingerprint density at radius 1 is 0.464 bits per heavy atom. The van der Waals surface area contributed by atoms with Crippen LogP contribution in [-0.4, -0.2) is 108 Å². The van der Waals surface area contributed by atoms with Crippen molar-refractivity contribution in [2.24, 2.45) is 0 Å². The Labute approximate surface area is 409 Å². The van der Waals surface area contributed by atoms with Crippen molar-refractivity contribution in [2.45, 2.75) is 211 Å². The number of hydrogen-bond donors (Lipinski definition) is 8. The van der Waals surface area contributed by atoms with Crippen molar-refractivity contribution in [2.75, 3.05) is 13.2 Å². The highest BCUT2D eigenvalue weighted by Crippen LogP contribution is 2.51. The van der Waals surface area contributed by atoms with Gasteiger partial charge in [0, 0.05) is 12.8 Å². The number of phosphoric ester groups is 3. The third kappa shape index (κ3) is 34.8. The zero-order valence-electron chi connectivity index (χ0n) is 40.6. The molecule has 22 heteroatoms. The molecule has 5 unspecified atom stereocenters. The largest absolute Gasteiger partial charge is 0.472 e. The van der Waals surface area contributed by atoms with Crippen LogP contribution in [0.25, 0.3) is 0 Å². The first-order valence-corrected chi connectivity index (χ1v) is 29.1. The summed E-state index contributed by atoms with van der Waals surface area (Å²) in [6.45, 7) is 2.85. The Hall–Kier alpha value is -2.15. The molecule has 19 nitrogen and oxygen atoms in total. The van der Waals surface area contributed by atoms with Crippen LogP contribution in [0.3, 0.4) is 0 Å². The lowest BCUT2D eigenvalue weighted by atomic mass is 9.85. The zero-order valence-corrected chi connectivity index (χ0v) is 43.3. The molecule has 0 heterocycles. The Bertz CT molecular complexity index is 1670. The minimum atomic E-state index is -5.61. The number of rotatable bonds is 41. The number of allylic oxidation sites excluding steroid dienone is 10. The van der Waals surface area contributed by atoms with Gasteiger partial charge in [-0.25, -0.2) is 13.7 Å². The molecular weight excluding hydrogens is 961 g/mol. The molecule has 69 heavy (non-hydrogen) atoms. The summed E-state index contributed by atoms with van der Waals surface area (Å²) in [7, 11) is -16.6. The smallest absolute Gasteiger partial charge is 0.462 e. The summed E-state index contributed by atoms with van der Waals surface area (Å²) in [5.41, 5.74) is 0. The van der Waals surface area contributed by atoms with Crippen LogP contribution in [0.5, 0.6) is 0 Å². The van der Waals surface area contributed by atoms with Crippen molar-refractivity contribution in [3.05, 3.63) is 60.8 Å². The lowest BCUT2D eigenvalue weighted by Crippen LogP contribution is -2.65. The first kappa shape index (κ1) is 64.9. The summed E-state index contributed by atoms with van der Waals surface area (Å²) in [6.07, 6.45) is 26.7. The second kappa shape index (κ2) is 38.5. The molecule has 8 atom stereocenters. The topological polar surface area (TPSA) is 303 Å². The third-order valence-electron chi connectivity index (χ3n) is 10.8. The molecule has 0 aliphatic heterocycles. The van der Waals surface area contributed by atoms with Crippen LogP contribution in [0.1, 0.15) is 168 Å². The van der Waals surface area contributed by atoms with Gasteiger partial charge in [0.25, 0.3) is 0 Å². The van der Waals surface area contributed by atoms with Gasteiger partial charge in [-0.3, -0.25) is 27.7 Å². The number of phosphoric acid groups is 3. The van der Waals surface area contributed by atoms with Crippen molar-refractivity contribution >= 4 is 35.4 Å². The number of ether oxygens (including phenoxy) is 2. The quantitative estimate of drug-likeness (QED) is 0.0122. The van der Waals surface area contributed by atoms with Crippen LogP contribution in [0.2, 0.25) is 0 Å². The van der Waals surface area contributed by atoms with E-state index in [0.29, 0.717) is 19.3 Å². The van der Waals surface area contributed by atoms with E-state index in [1.54, 1.807) is 0 Å². The number of esters is 2. The average Bonchev–Trinajstić information content (AvgIpc) is 3.28. The molecule has 1 aliphatic rings. The van der Waals surface area contributed by atoms with Gasteiger partial charge in [0.15, 0.2) is 6.10 Å². The van der Waals surface area contributed by atoms with Gasteiger partial charge in [0.2, 0.25) is 0 Å². The van der Waals surface area contributed by atoms with Gasteiger partial charge in [-0.15, -0.1) is 0 Å². The van der Waals surface area contributed by atoms with E-state index in [1.165, 1.54) is 44.9 Å². The van der Waals surface area contributed by atoms with Crippen molar-refractivity contribution in [3.8, 4) is 0 Å². The molecule has 0 saturated heterocycles. The maximum absolute atomic E-state index is 13.1. The predicted octanol–water partition coefficient (Wildman–Crippen LogP) is 9.18. The first-order chi connectivity index (χ1) is 32.8.